The first kappa shape index (κ1) is 8.87. The van der Waals surface area contributed by atoms with Crippen molar-refractivity contribution < 1.29 is 9.53 Å². The second-order valence-electron chi connectivity index (χ2n) is 2.25. The largest absolute Gasteiger partial charge is 0.424 e. The summed E-state index contributed by atoms with van der Waals surface area (Å²) in [7, 11) is 0. The van der Waals surface area contributed by atoms with Gasteiger partial charge in [0.15, 0.2) is 5.75 Å². The standard InChI is InChI=1S/C8H8ClNO2/c1-5(11)12-7-4-2-3-6(9)8(7)10/h2-4H,10H2,1H3. The van der Waals surface area contributed by atoms with Crippen LogP contribution in [0.3, 0.4) is 0 Å². The highest BCUT2D eigenvalue weighted by atomic mass is 35.5. The van der Waals surface area contributed by atoms with E-state index >= 15 is 0 Å². The van der Waals surface area contributed by atoms with Gasteiger partial charge in [-0.05, 0) is 12.1 Å². The molecule has 0 saturated heterocycles. The number of anilines is 1. The topological polar surface area (TPSA) is 52.3 Å². The van der Waals surface area contributed by atoms with Crippen LogP contribution < -0.4 is 10.5 Å². The molecule has 0 bridgehead atoms. The van der Waals surface area contributed by atoms with Gasteiger partial charge in [-0.15, -0.1) is 0 Å². The maximum Gasteiger partial charge on any atom is 0.308 e. The van der Waals surface area contributed by atoms with Gasteiger partial charge >= 0.3 is 5.97 Å². The number of esters is 1. The van der Waals surface area contributed by atoms with Gasteiger partial charge in [-0.3, -0.25) is 4.79 Å². The molecule has 0 amide bonds. The molecule has 0 aliphatic rings. The first-order valence-electron chi connectivity index (χ1n) is 3.33. The third kappa shape index (κ3) is 1.89. The monoisotopic (exact) mass is 185 g/mol. The van der Waals surface area contributed by atoms with Crippen LogP contribution in [0.5, 0.6) is 5.75 Å². The maximum absolute atomic E-state index is 10.6. The third-order valence-corrected chi connectivity index (χ3v) is 1.60. The van der Waals surface area contributed by atoms with E-state index in [1.54, 1.807) is 18.2 Å². The smallest absolute Gasteiger partial charge is 0.308 e. The van der Waals surface area contributed by atoms with Crippen LogP contribution in [0.15, 0.2) is 18.2 Å². The molecule has 0 aliphatic carbocycles. The fourth-order valence-corrected chi connectivity index (χ4v) is 0.927. The van der Waals surface area contributed by atoms with E-state index < -0.39 is 5.97 Å². The lowest BCUT2D eigenvalue weighted by atomic mass is 10.3. The zero-order valence-electron chi connectivity index (χ0n) is 6.50. The molecule has 0 aliphatic heterocycles. The molecule has 0 saturated carbocycles. The molecule has 0 radical (unpaired) electrons. The van der Waals surface area contributed by atoms with E-state index in [2.05, 4.69) is 0 Å². The quantitative estimate of drug-likeness (QED) is 0.413. The Bertz CT molecular complexity index is 312. The Balaban J connectivity index is 3.00. The normalized spacial score (nSPS) is 9.50. The summed E-state index contributed by atoms with van der Waals surface area (Å²) in [5, 5.41) is 0.383. The summed E-state index contributed by atoms with van der Waals surface area (Å²) in [6.45, 7) is 1.31. The fraction of sp³-hybridized carbons (Fsp3) is 0.125. The van der Waals surface area contributed by atoms with E-state index in [1.165, 1.54) is 6.92 Å². The minimum atomic E-state index is -0.413. The van der Waals surface area contributed by atoms with Gasteiger partial charge in [0.2, 0.25) is 0 Å². The van der Waals surface area contributed by atoms with Crippen molar-refractivity contribution in [3.05, 3.63) is 23.2 Å². The molecule has 1 aromatic carbocycles. The van der Waals surface area contributed by atoms with E-state index in [-0.39, 0.29) is 5.69 Å². The summed E-state index contributed by atoms with van der Waals surface area (Å²) in [4.78, 5) is 10.6. The van der Waals surface area contributed by atoms with Gasteiger partial charge in [0.25, 0.3) is 0 Å². The maximum atomic E-state index is 10.6. The lowest BCUT2D eigenvalue weighted by molar-refractivity contribution is -0.131. The number of hydrogen-bond donors (Lipinski definition) is 1. The molecular weight excluding hydrogens is 178 g/mol. The number of para-hydroxylation sites is 1. The number of halogens is 1. The summed E-state index contributed by atoms with van der Waals surface area (Å²) in [6, 6.07) is 4.88. The number of benzene rings is 1. The first-order valence-corrected chi connectivity index (χ1v) is 3.71. The predicted molar refractivity (Wildman–Crippen MR) is 47.2 cm³/mol. The highest BCUT2D eigenvalue weighted by Gasteiger charge is 2.05. The van der Waals surface area contributed by atoms with E-state index in [0.29, 0.717) is 10.8 Å². The second kappa shape index (κ2) is 3.45. The van der Waals surface area contributed by atoms with Gasteiger partial charge in [0.1, 0.15) is 0 Å². The van der Waals surface area contributed by atoms with Gasteiger partial charge in [-0.1, -0.05) is 17.7 Å². The number of ether oxygens (including phenoxy) is 1. The molecule has 0 spiro atoms. The molecule has 64 valence electrons. The van der Waals surface area contributed by atoms with Crippen LogP contribution in [0.4, 0.5) is 5.69 Å². The molecule has 1 aromatic rings. The number of nitrogens with two attached hydrogens (primary N) is 1. The summed E-state index contributed by atoms with van der Waals surface area (Å²) < 4.78 is 4.78. The van der Waals surface area contributed by atoms with E-state index in [4.69, 9.17) is 22.1 Å². The summed E-state index contributed by atoms with van der Waals surface area (Å²) in [5.41, 5.74) is 5.81. The average molecular weight is 186 g/mol. The number of carbonyl (C=O) groups excluding carboxylic acids is 1. The lowest BCUT2D eigenvalue weighted by Crippen LogP contribution is -2.03. The van der Waals surface area contributed by atoms with Crippen LogP contribution in [0.1, 0.15) is 6.92 Å². The minimum absolute atomic E-state index is 0.286. The lowest BCUT2D eigenvalue weighted by Gasteiger charge is -2.05. The zero-order chi connectivity index (χ0) is 9.14. The SMILES string of the molecule is CC(=O)Oc1cccc(Cl)c1N. The van der Waals surface area contributed by atoms with Crippen LogP contribution in [0.25, 0.3) is 0 Å². The van der Waals surface area contributed by atoms with Crippen molar-refractivity contribution in [2.24, 2.45) is 0 Å². The number of rotatable bonds is 1. The average Bonchev–Trinajstić information content (AvgIpc) is 1.98. The van der Waals surface area contributed by atoms with Gasteiger partial charge in [-0.2, -0.15) is 0 Å². The Morgan fingerprint density at radius 2 is 2.25 bits per heavy atom. The first-order chi connectivity index (χ1) is 5.61. The molecule has 1 rings (SSSR count). The highest BCUT2D eigenvalue weighted by molar-refractivity contribution is 6.33. The Kier molecular flexibility index (Phi) is 2.55. The Labute approximate surface area is 75.1 Å². The van der Waals surface area contributed by atoms with E-state index in [9.17, 15) is 4.79 Å². The summed E-state index contributed by atoms with van der Waals surface area (Å²) in [5.74, 6) is -0.112. The summed E-state index contributed by atoms with van der Waals surface area (Å²) in [6.07, 6.45) is 0. The van der Waals surface area contributed by atoms with E-state index in [1.807, 2.05) is 0 Å². The molecule has 0 atom stereocenters. The van der Waals surface area contributed by atoms with Gasteiger partial charge in [0, 0.05) is 6.92 Å². The van der Waals surface area contributed by atoms with Crippen molar-refractivity contribution in [3.8, 4) is 5.75 Å². The molecule has 0 aromatic heterocycles. The van der Waals surface area contributed by atoms with Gasteiger partial charge in [0.05, 0.1) is 10.7 Å². The molecule has 2 N–H and O–H groups in total. The van der Waals surface area contributed by atoms with Crippen molar-refractivity contribution >= 4 is 23.3 Å². The number of nitrogen functional groups attached to an aromatic ring is 1. The molecule has 0 heterocycles. The fourth-order valence-electron chi connectivity index (χ4n) is 0.761. The van der Waals surface area contributed by atoms with Crippen molar-refractivity contribution in [1.29, 1.82) is 0 Å². The van der Waals surface area contributed by atoms with Crippen LogP contribution in [-0.4, -0.2) is 5.97 Å². The molecule has 3 nitrogen and oxygen atoms in total. The van der Waals surface area contributed by atoms with Crippen molar-refractivity contribution in [2.45, 2.75) is 6.92 Å². The van der Waals surface area contributed by atoms with Gasteiger partial charge in [-0.25, -0.2) is 0 Å². The van der Waals surface area contributed by atoms with Crippen LogP contribution in [0.2, 0.25) is 5.02 Å². The zero-order valence-corrected chi connectivity index (χ0v) is 7.26. The molecule has 0 fully saturated rings. The number of hydrogen-bond acceptors (Lipinski definition) is 3. The third-order valence-electron chi connectivity index (χ3n) is 1.27. The number of carbonyl (C=O) groups is 1. The van der Waals surface area contributed by atoms with Crippen LogP contribution in [-0.2, 0) is 4.79 Å². The molecule has 0 unspecified atom stereocenters. The Morgan fingerprint density at radius 1 is 1.58 bits per heavy atom. The predicted octanol–water partition coefficient (Wildman–Crippen LogP) is 1.85. The van der Waals surface area contributed by atoms with Crippen LogP contribution >= 0.6 is 11.6 Å². The van der Waals surface area contributed by atoms with Gasteiger partial charge < -0.3 is 10.5 Å². The summed E-state index contributed by atoms with van der Waals surface area (Å²) >= 11 is 5.68. The van der Waals surface area contributed by atoms with Crippen molar-refractivity contribution in [1.82, 2.24) is 0 Å². The second-order valence-corrected chi connectivity index (χ2v) is 2.65. The Hall–Kier alpha value is -1.22. The molecule has 4 heteroatoms. The van der Waals surface area contributed by atoms with E-state index in [0.717, 1.165) is 0 Å². The highest BCUT2D eigenvalue weighted by Crippen LogP contribution is 2.28. The van der Waals surface area contributed by atoms with Crippen molar-refractivity contribution in [3.63, 3.8) is 0 Å². The minimum Gasteiger partial charge on any atom is -0.424 e. The van der Waals surface area contributed by atoms with Crippen LogP contribution in [0, 0.1) is 0 Å². The van der Waals surface area contributed by atoms with Crippen molar-refractivity contribution in [2.75, 3.05) is 5.73 Å². The Morgan fingerprint density at radius 3 is 2.83 bits per heavy atom. The molecule has 12 heavy (non-hydrogen) atoms. The molecular formula is C8H8ClNO2.